The van der Waals surface area contributed by atoms with E-state index in [0.717, 1.165) is 10.5 Å². The third kappa shape index (κ3) is 5.13. The van der Waals surface area contributed by atoms with E-state index in [-0.39, 0.29) is 40.4 Å². The van der Waals surface area contributed by atoms with Crippen LogP contribution in [0, 0.1) is 12.3 Å². The summed E-state index contributed by atoms with van der Waals surface area (Å²) in [6.45, 7) is 0.995. The Labute approximate surface area is 252 Å². The van der Waals surface area contributed by atoms with Crippen LogP contribution >= 0.6 is 23.2 Å². The monoisotopic (exact) mass is 629 g/mol. The number of carboxylic acids is 1. The van der Waals surface area contributed by atoms with Gasteiger partial charge in [0, 0.05) is 28.6 Å². The molecule has 2 aliphatic heterocycles. The molecule has 0 unspecified atom stereocenters. The highest BCUT2D eigenvalue weighted by atomic mass is 35.5. The summed E-state index contributed by atoms with van der Waals surface area (Å²) < 4.78 is 30.7. The van der Waals surface area contributed by atoms with E-state index in [2.05, 4.69) is 16.2 Å². The minimum atomic E-state index is -4.40. The Morgan fingerprint density at radius 1 is 1.19 bits per heavy atom. The third-order valence-corrected chi connectivity index (χ3v) is 9.64. The molecule has 2 N–H and O–H groups in total. The molecule has 14 heteroatoms. The van der Waals surface area contributed by atoms with E-state index in [0.29, 0.717) is 23.2 Å². The summed E-state index contributed by atoms with van der Waals surface area (Å²) in [6.07, 6.45) is 7.31. The second-order valence-corrected chi connectivity index (χ2v) is 12.9. The van der Waals surface area contributed by atoms with E-state index in [1.54, 1.807) is 31.2 Å². The highest BCUT2D eigenvalue weighted by Crippen LogP contribution is 2.45. The normalized spacial score (nSPS) is 20.4. The number of amides is 2. The number of anilines is 2. The van der Waals surface area contributed by atoms with Gasteiger partial charge >= 0.3 is 5.97 Å². The number of imidazole rings is 1. The zero-order valence-corrected chi connectivity index (χ0v) is 24.6. The van der Waals surface area contributed by atoms with Gasteiger partial charge < -0.3 is 10.4 Å². The summed E-state index contributed by atoms with van der Waals surface area (Å²) in [6, 6.07) is 10.4. The van der Waals surface area contributed by atoms with Crippen molar-refractivity contribution in [3.63, 3.8) is 0 Å². The summed E-state index contributed by atoms with van der Waals surface area (Å²) in [5.41, 5.74) is 0.170. The number of hydrogen-bond donors (Lipinski definition) is 2. The van der Waals surface area contributed by atoms with Crippen molar-refractivity contribution in [1.29, 1.82) is 0 Å². The minimum absolute atomic E-state index is 0.0276. The molecule has 1 saturated heterocycles. The molecule has 3 heterocycles. The van der Waals surface area contributed by atoms with Gasteiger partial charge in [0.2, 0.25) is 11.9 Å². The second kappa shape index (κ2) is 11.1. The Morgan fingerprint density at radius 2 is 1.86 bits per heavy atom. The standard InChI is InChI=1S/C28H25Cl2N5O6S/c1-3-17-6-8-18(9-7-17)14-28(2)26(39)34(21-12-19(29)11-20(30)13-21)27-32-15-23(35(27)28)42(40,41)33-10-4-5-22(33)25(38)31-16-24(36)37/h1,6-9,11-13,15,22H,4-5,10,14,16H2,2H3,(H,31,38)(H,36,37)/t22-,28+/m0/s1. The fourth-order valence-electron chi connectivity index (χ4n) is 5.42. The number of nitrogens with one attached hydrogen (secondary N) is 1. The van der Waals surface area contributed by atoms with Crippen molar-refractivity contribution in [3.8, 4) is 12.3 Å². The molecule has 11 nitrogen and oxygen atoms in total. The van der Waals surface area contributed by atoms with Crippen LogP contribution in [-0.4, -0.2) is 64.3 Å². The number of carboxylic acid groups (broad SMARTS) is 1. The van der Waals surface area contributed by atoms with Gasteiger partial charge in [-0.25, -0.2) is 18.3 Å². The van der Waals surface area contributed by atoms with Crippen LogP contribution in [0.3, 0.4) is 0 Å². The molecule has 2 atom stereocenters. The molecule has 0 radical (unpaired) electrons. The van der Waals surface area contributed by atoms with Crippen LogP contribution < -0.4 is 10.2 Å². The first-order valence-corrected chi connectivity index (χ1v) is 15.0. The minimum Gasteiger partial charge on any atom is -0.480 e. The van der Waals surface area contributed by atoms with Gasteiger partial charge in [-0.1, -0.05) is 41.3 Å². The molecule has 2 aromatic carbocycles. The molecule has 5 rings (SSSR count). The molecule has 2 aliphatic rings. The SMILES string of the molecule is C#Cc1ccc(C[C@]2(C)C(=O)N(c3cc(Cl)cc(Cl)c3)c3ncc(S(=O)(=O)N4CCC[C@H]4C(=O)NCC(=O)O)n32)cc1. The van der Waals surface area contributed by atoms with E-state index in [4.69, 9.17) is 34.7 Å². The number of terminal acetylenes is 1. The first-order valence-electron chi connectivity index (χ1n) is 12.8. The number of nitrogens with zero attached hydrogens (tertiary/aromatic N) is 4. The molecular formula is C28H25Cl2N5O6S. The van der Waals surface area contributed by atoms with Crippen molar-refractivity contribution in [1.82, 2.24) is 19.2 Å². The maximum Gasteiger partial charge on any atom is 0.322 e. The average molecular weight is 631 g/mol. The number of rotatable bonds is 8. The van der Waals surface area contributed by atoms with Gasteiger partial charge in [-0.3, -0.25) is 19.0 Å². The topological polar surface area (TPSA) is 142 Å². The van der Waals surface area contributed by atoms with Crippen LogP contribution in [0.5, 0.6) is 0 Å². The Balaban J connectivity index is 1.63. The zero-order chi connectivity index (χ0) is 30.4. The van der Waals surface area contributed by atoms with Crippen LogP contribution in [-0.2, 0) is 36.4 Å². The van der Waals surface area contributed by atoms with Gasteiger partial charge in [0.15, 0.2) is 5.03 Å². The lowest BCUT2D eigenvalue weighted by atomic mass is 9.91. The number of carbonyl (C=O) groups is 3. The van der Waals surface area contributed by atoms with Crippen molar-refractivity contribution >= 4 is 62.6 Å². The number of sulfonamides is 1. The number of benzene rings is 2. The number of hydrogen-bond acceptors (Lipinski definition) is 6. The van der Waals surface area contributed by atoms with Crippen LogP contribution in [0.4, 0.5) is 11.6 Å². The maximum absolute atomic E-state index is 14.2. The van der Waals surface area contributed by atoms with Gasteiger partial charge in [0.25, 0.3) is 15.9 Å². The maximum atomic E-state index is 14.2. The van der Waals surface area contributed by atoms with Crippen LogP contribution in [0.2, 0.25) is 10.0 Å². The van der Waals surface area contributed by atoms with Crippen LogP contribution in [0.25, 0.3) is 0 Å². The molecule has 218 valence electrons. The van der Waals surface area contributed by atoms with E-state index in [9.17, 15) is 22.8 Å². The average Bonchev–Trinajstić information content (AvgIpc) is 3.65. The van der Waals surface area contributed by atoms with E-state index < -0.39 is 45.9 Å². The lowest BCUT2D eigenvalue weighted by Crippen LogP contribution is -2.48. The molecule has 1 aromatic heterocycles. The molecule has 0 aliphatic carbocycles. The lowest BCUT2D eigenvalue weighted by Gasteiger charge is -2.29. The first kappa shape index (κ1) is 29.6. The lowest BCUT2D eigenvalue weighted by molar-refractivity contribution is -0.138. The van der Waals surface area contributed by atoms with Crippen molar-refractivity contribution in [2.75, 3.05) is 18.0 Å². The highest BCUT2D eigenvalue weighted by molar-refractivity contribution is 7.89. The summed E-state index contributed by atoms with van der Waals surface area (Å²) >= 11 is 12.5. The van der Waals surface area contributed by atoms with E-state index >= 15 is 0 Å². The number of halogens is 2. The molecule has 3 aromatic rings. The quantitative estimate of drug-likeness (QED) is 0.364. The van der Waals surface area contributed by atoms with Gasteiger partial charge in [-0.2, -0.15) is 4.31 Å². The smallest absolute Gasteiger partial charge is 0.322 e. The van der Waals surface area contributed by atoms with Gasteiger partial charge in [0.05, 0.1) is 11.9 Å². The molecule has 1 fully saturated rings. The summed E-state index contributed by atoms with van der Waals surface area (Å²) in [4.78, 5) is 43.6. The van der Waals surface area contributed by atoms with Crippen molar-refractivity contribution in [2.45, 2.75) is 42.8 Å². The predicted molar refractivity (Wildman–Crippen MR) is 155 cm³/mol. The molecule has 0 saturated carbocycles. The Hall–Kier alpha value is -3.89. The van der Waals surface area contributed by atoms with Gasteiger partial charge in [-0.15, -0.1) is 6.42 Å². The molecular weight excluding hydrogens is 605 g/mol. The van der Waals surface area contributed by atoms with Crippen LogP contribution in [0.1, 0.15) is 30.9 Å². The molecule has 2 amide bonds. The zero-order valence-electron chi connectivity index (χ0n) is 22.3. The third-order valence-electron chi connectivity index (χ3n) is 7.34. The number of fused-ring (bicyclic) bond motifs is 1. The van der Waals surface area contributed by atoms with E-state index in [1.165, 1.54) is 27.7 Å². The molecule has 0 spiro atoms. The van der Waals surface area contributed by atoms with E-state index in [1.807, 2.05) is 0 Å². The molecule has 0 bridgehead atoms. The Bertz CT molecular complexity index is 1730. The largest absolute Gasteiger partial charge is 0.480 e. The summed E-state index contributed by atoms with van der Waals surface area (Å²) in [5.74, 6) is 0.125. The van der Waals surface area contributed by atoms with Crippen LogP contribution in [0.15, 0.2) is 53.7 Å². The van der Waals surface area contributed by atoms with Crippen molar-refractivity contribution in [3.05, 3.63) is 69.8 Å². The Kier molecular flexibility index (Phi) is 7.80. The predicted octanol–water partition coefficient (Wildman–Crippen LogP) is 3.16. The Morgan fingerprint density at radius 3 is 2.48 bits per heavy atom. The first-order chi connectivity index (χ1) is 19.9. The number of aliphatic carboxylic acids is 1. The van der Waals surface area contributed by atoms with Crippen molar-refractivity contribution < 1.29 is 27.9 Å². The van der Waals surface area contributed by atoms with Gasteiger partial charge in [-0.05, 0) is 55.7 Å². The van der Waals surface area contributed by atoms with Gasteiger partial charge in [0.1, 0.15) is 18.1 Å². The number of carbonyl (C=O) groups excluding carboxylic acids is 2. The molecule has 42 heavy (non-hydrogen) atoms. The second-order valence-electron chi connectivity index (χ2n) is 10.2. The summed E-state index contributed by atoms with van der Waals surface area (Å²) in [5, 5.41) is 11.5. The summed E-state index contributed by atoms with van der Waals surface area (Å²) in [7, 11) is -4.40. The fourth-order valence-corrected chi connectivity index (χ4v) is 7.78. The fraction of sp³-hybridized carbons (Fsp3) is 0.286. The van der Waals surface area contributed by atoms with Crippen molar-refractivity contribution in [2.24, 2.45) is 0 Å². The highest BCUT2D eigenvalue weighted by Gasteiger charge is 2.53. The number of aromatic nitrogens is 2.